The van der Waals surface area contributed by atoms with E-state index < -0.39 is 5.97 Å². The highest BCUT2D eigenvalue weighted by molar-refractivity contribution is 7.18. The molecule has 100 valence electrons. The fourth-order valence-corrected chi connectivity index (χ4v) is 2.56. The van der Waals surface area contributed by atoms with Gasteiger partial charge in [0.25, 0.3) is 0 Å². The minimum atomic E-state index is -0.489. The van der Waals surface area contributed by atoms with Gasteiger partial charge in [0.2, 0.25) is 0 Å². The van der Waals surface area contributed by atoms with Crippen LogP contribution in [0.15, 0.2) is 36.7 Å². The van der Waals surface area contributed by atoms with Gasteiger partial charge in [-0.25, -0.2) is 14.8 Å². The van der Waals surface area contributed by atoms with Crippen LogP contribution in [0.4, 0.5) is 0 Å². The van der Waals surface area contributed by atoms with Gasteiger partial charge < -0.3 is 4.74 Å². The molecule has 0 aliphatic carbocycles. The average molecular weight is 285 g/mol. The minimum absolute atomic E-state index is 0.147. The van der Waals surface area contributed by atoms with Gasteiger partial charge in [-0.1, -0.05) is 12.1 Å². The number of hydrogen-bond acceptors (Lipinski definition) is 6. The van der Waals surface area contributed by atoms with Gasteiger partial charge in [-0.2, -0.15) is 0 Å². The summed E-state index contributed by atoms with van der Waals surface area (Å²) in [6.07, 6.45) is 2.95. The van der Waals surface area contributed by atoms with Crippen molar-refractivity contribution >= 4 is 27.5 Å². The summed E-state index contributed by atoms with van der Waals surface area (Å²) in [6, 6.07) is 7.81. The number of benzene rings is 1. The Morgan fingerprint density at radius 3 is 2.85 bits per heavy atom. The smallest absolute Gasteiger partial charge is 0.358 e. The summed E-state index contributed by atoms with van der Waals surface area (Å²) in [5.41, 5.74) is 1.88. The Labute approximate surface area is 119 Å². The van der Waals surface area contributed by atoms with Crippen LogP contribution >= 0.6 is 11.3 Å². The summed E-state index contributed by atoms with van der Waals surface area (Å²) >= 11 is 1.51. The van der Waals surface area contributed by atoms with Crippen molar-refractivity contribution in [3.63, 3.8) is 0 Å². The summed E-state index contributed by atoms with van der Waals surface area (Å²) < 4.78 is 6.27. The van der Waals surface area contributed by atoms with Crippen molar-refractivity contribution in [3.8, 4) is 0 Å². The first-order valence-electron chi connectivity index (χ1n) is 6.02. The SMILES string of the molecule is Cc1cnc(C(=O)OCc2nc3ccccc3s2)cn1. The Bertz CT molecular complexity index is 719. The van der Waals surface area contributed by atoms with Crippen LogP contribution in [0.25, 0.3) is 10.2 Å². The lowest BCUT2D eigenvalue weighted by atomic mass is 10.3. The molecule has 3 aromatic rings. The maximum atomic E-state index is 11.8. The molecule has 0 N–H and O–H groups in total. The van der Waals surface area contributed by atoms with E-state index in [1.165, 1.54) is 23.7 Å². The second kappa shape index (κ2) is 5.34. The van der Waals surface area contributed by atoms with Gasteiger partial charge in [-0.05, 0) is 19.1 Å². The molecule has 0 radical (unpaired) electrons. The zero-order valence-electron chi connectivity index (χ0n) is 10.7. The lowest BCUT2D eigenvalue weighted by Crippen LogP contribution is -2.08. The molecule has 6 heteroatoms. The molecule has 0 fully saturated rings. The lowest BCUT2D eigenvalue weighted by Gasteiger charge is -2.01. The van der Waals surface area contributed by atoms with Crippen molar-refractivity contribution in [2.45, 2.75) is 13.5 Å². The van der Waals surface area contributed by atoms with E-state index in [1.54, 1.807) is 0 Å². The van der Waals surface area contributed by atoms with E-state index in [1.807, 2.05) is 31.2 Å². The molecular formula is C14H11N3O2S. The number of esters is 1. The predicted octanol–water partition coefficient (Wildman–Crippen LogP) is 2.75. The maximum Gasteiger partial charge on any atom is 0.358 e. The van der Waals surface area contributed by atoms with Gasteiger partial charge in [-0.15, -0.1) is 11.3 Å². The zero-order chi connectivity index (χ0) is 13.9. The van der Waals surface area contributed by atoms with E-state index in [0.29, 0.717) is 0 Å². The summed E-state index contributed by atoms with van der Waals surface area (Å²) in [5, 5.41) is 0.764. The van der Waals surface area contributed by atoms with Gasteiger partial charge >= 0.3 is 5.97 Å². The molecule has 0 unspecified atom stereocenters. The molecule has 0 aliphatic rings. The normalized spacial score (nSPS) is 10.7. The predicted molar refractivity (Wildman–Crippen MR) is 75.5 cm³/mol. The van der Waals surface area contributed by atoms with Gasteiger partial charge in [0.05, 0.1) is 22.1 Å². The van der Waals surface area contributed by atoms with Crippen LogP contribution in [0.5, 0.6) is 0 Å². The molecule has 1 aromatic carbocycles. The van der Waals surface area contributed by atoms with E-state index >= 15 is 0 Å². The molecule has 0 aliphatic heterocycles. The van der Waals surface area contributed by atoms with E-state index in [-0.39, 0.29) is 12.3 Å². The molecule has 5 nitrogen and oxygen atoms in total. The Morgan fingerprint density at radius 1 is 1.25 bits per heavy atom. The molecule has 0 amide bonds. The third kappa shape index (κ3) is 2.65. The number of thiazole rings is 1. The molecule has 2 aromatic heterocycles. The van der Waals surface area contributed by atoms with Gasteiger partial charge in [0.15, 0.2) is 5.69 Å². The molecule has 3 rings (SSSR count). The Hall–Kier alpha value is -2.34. The van der Waals surface area contributed by atoms with Crippen molar-refractivity contribution in [1.29, 1.82) is 0 Å². The van der Waals surface area contributed by atoms with Crippen LogP contribution < -0.4 is 0 Å². The van der Waals surface area contributed by atoms with Crippen molar-refractivity contribution < 1.29 is 9.53 Å². The van der Waals surface area contributed by atoms with Gasteiger partial charge in [0.1, 0.15) is 11.6 Å². The fourth-order valence-electron chi connectivity index (χ4n) is 1.68. The Morgan fingerprint density at radius 2 is 2.10 bits per heavy atom. The summed E-state index contributed by atoms with van der Waals surface area (Å²) in [5.74, 6) is -0.489. The maximum absolute atomic E-state index is 11.8. The molecular weight excluding hydrogens is 274 g/mol. The van der Waals surface area contributed by atoms with Crippen molar-refractivity contribution in [2.24, 2.45) is 0 Å². The van der Waals surface area contributed by atoms with E-state index in [4.69, 9.17) is 4.74 Å². The first-order valence-corrected chi connectivity index (χ1v) is 6.84. The van der Waals surface area contributed by atoms with E-state index in [2.05, 4.69) is 15.0 Å². The number of ether oxygens (including phenoxy) is 1. The fraction of sp³-hybridized carbons (Fsp3) is 0.143. The number of rotatable bonds is 3. The zero-order valence-corrected chi connectivity index (χ0v) is 11.6. The third-order valence-electron chi connectivity index (χ3n) is 2.65. The first-order chi connectivity index (χ1) is 9.72. The molecule has 0 saturated carbocycles. The Balaban J connectivity index is 1.69. The number of aryl methyl sites for hydroxylation is 1. The van der Waals surface area contributed by atoms with Crippen LogP contribution in [0.1, 0.15) is 21.2 Å². The quantitative estimate of drug-likeness (QED) is 0.692. The molecule has 20 heavy (non-hydrogen) atoms. The molecule has 0 atom stereocenters. The lowest BCUT2D eigenvalue weighted by molar-refractivity contribution is 0.0465. The molecule has 2 heterocycles. The summed E-state index contributed by atoms with van der Waals surface area (Å²) in [7, 11) is 0. The van der Waals surface area contributed by atoms with Crippen LogP contribution in [0.2, 0.25) is 0 Å². The highest BCUT2D eigenvalue weighted by Crippen LogP contribution is 2.22. The summed E-state index contributed by atoms with van der Waals surface area (Å²) in [4.78, 5) is 24.2. The average Bonchev–Trinajstić information content (AvgIpc) is 2.88. The number of hydrogen-bond donors (Lipinski definition) is 0. The highest BCUT2D eigenvalue weighted by atomic mass is 32.1. The van der Waals surface area contributed by atoms with E-state index in [0.717, 1.165) is 20.9 Å². The standard InChI is InChI=1S/C14H11N3O2S/c1-9-6-16-11(7-15-9)14(18)19-8-13-17-10-4-2-3-5-12(10)20-13/h2-7H,8H2,1H3. The first kappa shape index (κ1) is 12.7. The van der Waals surface area contributed by atoms with Gasteiger partial charge in [-0.3, -0.25) is 4.98 Å². The monoisotopic (exact) mass is 285 g/mol. The second-order valence-electron chi connectivity index (χ2n) is 4.19. The molecule has 0 saturated heterocycles. The highest BCUT2D eigenvalue weighted by Gasteiger charge is 2.11. The largest absolute Gasteiger partial charge is 0.454 e. The van der Waals surface area contributed by atoms with Crippen molar-refractivity contribution in [1.82, 2.24) is 15.0 Å². The molecule has 0 bridgehead atoms. The number of para-hydroxylation sites is 1. The van der Waals surface area contributed by atoms with Gasteiger partial charge in [0, 0.05) is 6.20 Å². The van der Waals surface area contributed by atoms with Crippen LogP contribution in [-0.4, -0.2) is 20.9 Å². The van der Waals surface area contributed by atoms with Crippen molar-refractivity contribution in [2.75, 3.05) is 0 Å². The topological polar surface area (TPSA) is 65.0 Å². The third-order valence-corrected chi connectivity index (χ3v) is 3.66. The Kier molecular flexibility index (Phi) is 3.39. The summed E-state index contributed by atoms with van der Waals surface area (Å²) in [6.45, 7) is 1.96. The number of fused-ring (bicyclic) bond motifs is 1. The molecule has 0 spiro atoms. The van der Waals surface area contributed by atoms with E-state index in [9.17, 15) is 4.79 Å². The van der Waals surface area contributed by atoms with Crippen LogP contribution in [0.3, 0.4) is 0 Å². The minimum Gasteiger partial charge on any atom is -0.454 e. The second-order valence-corrected chi connectivity index (χ2v) is 5.31. The number of carbonyl (C=O) groups excluding carboxylic acids is 1. The van der Waals surface area contributed by atoms with Crippen LogP contribution in [-0.2, 0) is 11.3 Å². The van der Waals surface area contributed by atoms with Crippen molar-refractivity contribution in [3.05, 3.63) is 53.1 Å². The number of aromatic nitrogens is 3. The van der Waals surface area contributed by atoms with Crippen LogP contribution in [0, 0.1) is 6.92 Å². The number of carbonyl (C=O) groups is 1. The number of nitrogens with zero attached hydrogens (tertiary/aromatic N) is 3.